The highest BCUT2D eigenvalue weighted by Crippen LogP contribution is 2.44. The molecule has 0 aromatic rings. The number of hydrogen-bond donors (Lipinski definition) is 1. The molecule has 0 aromatic carbocycles. The number of rotatable bonds is 5. The monoisotopic (exact) mass is 269 g/mol. The van der Waals surface area contributed by atoms with Gasteiger partial charge in [-0.15, -0.1) is 0 Å². The van der Waals surface area contributed by atoms with Crippen molar-refractivity contribution in [3.8, 4) is 0 Å². The average molecular weight is 269 g/mol. The third-order valence-electron chi connectivity index (χ3n) is 5.09. The zero-order valence-electron chi connectivity index (χ0n) is 13.1. The molecule has 1 aliphatic carbocycles. The molecule has 0 aromatic heterocycles. The molecular formula is C16H31NO2. The van der Waals surface area contributed by atoms with Crippen LogP contribution >= 0.6 is 0 Å². The van der Waals surface area contributed by atoms with Gasteiger partial charge in [-0.2, -0.15) is 0 Å². The molecule has 19 heavy (non-hydrogen) atoms. The van der Waals surface area contributed by atoms with Crippen molar-refractivity contribution in [3.63, 3.8) is 0 Å². The zero-order chi connectivity index (χ0) is 13.9. The van der Waals surface area contributed by atoms with E-state index < -0.39 is 0 Å². The molecule has 1 spiro atoms. The summed E-state index contributed by atoms with van der Waals surface area (Å²) in [4.78, 5) is 0. The predicted octanol–water partition coefficient (Wildman–Crippen LogP) is 3.13. The second kappa shape index (κ2) is 6.11. The highest BCUT2D eigenvalue weighted by atomic mass is 16.5. The molecule has 2 aliphatic rings. The van der Waals surface area contributed by atoms with Gasteiger partial charge in [0.05, 0.1) is 11.2 Å². The van der Waals surface area contributed by atoms with E-state index in [0.717, 1.165) is 19.6 Å². The highest BCUT2D eigenvalue weighted by Gasteiger charge is 2.45. The first-order valence-corrected chi connectivity index (χ1v) is 7.98. The second-order valence-corrected chi connectivity index (χ2v) is 6.79. The van der Waals surface area contributed by atoms with Gasteiger partial charge < -0.3 is 14.8 Å². The lowest BCUT2D eigenvalue weighted by atomic mass is 9.76. The molecule has 1 saturated heterocycles. The van der Waals surface area contributed by atoms with Crippen molar-refractivity contribution in [2.24, 2.45) is 5.92 Å². The van der Waals surface area contributed by atoms with Gasteiger partial charge in [-0.05, 0) is 59.4 Å². The van der Waals surface area contributed by atoms with Crippen LogP contribution < -0.4 is 5.32 Å². The molecule has 0 amide bonds. The lowest BCUT2D eigenvalue weighted by Crippen LogP contribution is -2.55. The van der Waals surface area contributed by atoms with E-state index >= 15 is 0 Å². The fourth-order valence-corrected chi connectivity index (χ4v) is 4.33. The molecule has 1 N–H and O–H groups in total. The van der Waals surface area contributed by atoms with Gasteiger partial charge >= 0.3 is 0 Å². The summed E-state index contributed by atoms with van der Waals surface area (Å²) >= 11 is 0. The van der Waals surface area contributed by atoms with E-state index in [1.165, 1.54) is 32.1 Å². The smallest absolute Gasteiger partial charge is 0.0781 e. The zero-order valence-corrected chi connectivity index (χ0v) is 13.1. The third-order valence-corrected chi connectivity index (χ3v) is 5.09. The molecule has 2 fully saturated rings. The van der Waals surface area contributed by atoms with E-state index in [0.29, 0.717) is 12.0 Å². The quantitative estimate of drug-likeness (QED) is 0.832. The van der Waals surface area contributed by atoms with Gasteiger partial charge in [0.1, 0.15) is 0 Å². The summed E-state index contributed by atoms with van der Waals surface area (Å²) in [7, 11) is 2.07. The van der Waals surface area contributed by atoms with Crippen molar-refractivity contribution >= 4 is 0 Å². The molecule has 2 unspecified atom stereocenters. The maximum atomic E-state index is 6.16. The normalized spacial score (nSPS) is 28.7. The summed E-state index contributed by atoms with van der Waals surface area (Å²) in [6, 6.07) is 0.411. The Morgan fingerprint density at radius 2 is 2.05 bits per heavy atom. The second-order valence-electron chi connectivity index (χ2n) is 6.79. The first kappa shape index (κ1) is 15.3. The molecule has 1 heterocycles. The largest absolute Gasteiger partial charge is 0.375 e. The molecule has 2 rings (SSSR count). The number of hydrogen-bond acceptors (Lipinski definition) is 3. The van der Waals surface area contributed by atoms with E-state index in [-0.39, 0.29) is 11.2 Å². The van der Waals surface area contributed by atoms with Crippen molar-refractivity contribution < 1.29 is 9.47 Å². The van der Waals surface area contributed by atoms with Crippen LogP contribution in [-0.2, 0) is 9.47 Å². The topological polar surface area (TPSA) is 30.5 Å². The van der Waals surface area contributed by atoms with Crippen LogP contribution in [-0.4, -0.2) is 37.5 Å². The molecule has 3 nitrogen and oxygen atoms in total. The molecular weight excluding hydrogens is 238 g/mol. The highest BCUT2D eigenvalue weighted by molar-refractivity contribution is 4.98. The van der Waals surface area contributed by atoms with Gasteiger partial charge in [-0.25, -0.2) is 0 Å². The summed E-state index contributed by atoms with van der Waals surface area (Å²) < 4.78 is 12.1. The first-order valence-electron chi connectivity index (χ1n) is 7.98. The van der Waals surface area contributed by atoms with Gasteiger partial charge in [-0.1, -0.05) is 12.8 Å². The number of nitrogens with one attached hydrogen (secondary N) is 1. The predicted molar refractivity (Wildman–Crippen MR) is 78.4 cm³/mol. The van der Waals surface area contributed by atoms with Crippen LogP contribution in [0.1, 0.15) is 59.3 Å². The summed E-state index contributed by atoms with van der Waals surface area (Å²) in [6.45, 7) is 8.21. The molecule has 2 atom stereocenters. The molecule has 1 aliphatic heterocycles. The lowest BCUT2D eigenvalue weighted by molar-refractivity contribution is -0.121. The molecule has 3 heteroatoms. The summed E-state index contributed by atoms with van der Waals surface area (Å²) in [5.74, 6) is 0.665. The van der Waals surface area contributed by atoms with Crippen molar-refractivity contribution in [2.75, 3.05) is 20.3 Å². The fraction of sp³-hybridized carbons (Fsp3) is 1.00. The Hall–Kier alpha value is -0.120. The van der Waals surface area contributed by atoms with Crippen LogP contribution in [0.4, 0.5) is 0 Å². The minimum absolute atomic E-state index is 0.106. The lowest BCUT2D eigenvalue weighted by Gasteiger charge is -2.46. The standard InChI is InChI=1S/C16H31NO2/c1-5-18-15(2,3)14(17-4)13-8-11-19-16(12-13)9-6-7-10-16/h13-14,17H,5-12H2,1-4H3. The van der Waals surface area contributed by atoms with E-state index in [1.807, 2.05) is 0 Å². The van der Waals surface area contributed by atoms with Crippen molar-refractivity contribution in [1.29, 1.82) is 0 Å². The minimum atomic E-state index is -0.106. The van der Waals surface area contributed by atoms with Crippen LogP contribution in [0.25, 0.3) is 0 Å². The Morgan fingerprint density at radius 1 is 1.37 bits per heavy atom. The Morgan fingerprint density at radius 3 is 2.63 bits per heavy atom. The first-order chi connectivity index (χ1) is 9.03. The van der Waals surface area contributed by atoms with Crippen molar-refractivity contribution in [1.82, 2.24) is 5.32 Å². The summed E-state index contributed by atoms with van der Waals surface area (Å²) in [6.07, 6.45) is 7.56. The third kappa shape index (κ3) is 3.32. The van der Waals surface area contributed by atoms with E-state index in [4.69, 9.17) is 9.47 Å². The van der Waals surface area contributed by atoms with Crippen LogP contribution in [0.15, 0.2) is 0 Å². The van der Waals surface area contributed by atoms with Crippen molar-refractivity contribution in [3.05, 3.63) is 0 Å². The summed E-state index contributed by atoms with van der Waals surface area (Å²) in [5, 5.41) is 3.52. The average Bonchev–Trinajstić information content (AvgIpc) is 2.77. The Bertz CT molecular complexity index is 284. The molecule has 112 valence electrons. The maximum absolute atomic E-state index is 6.16. The van der Waals surface area contributed by atoms with Gasteiger partial charge in [0.2, 0.25) is 0 Å². The van der Waals surface area contributed by atoms with Crippen LogP contribution in [0.2, 0.25) is 0 Å². The van der Waals surface area contributed by atoms with E-state index in [9.17, 15) is 0 Å². The molecule has 1 saturated carbocycles. The maximum Gasteiger partial charge on any atom is 0.0781 e. The van der Waals surface area contributed by atoms with Gasteiger partial charge in [0.25, 0.3) is 0 Å². The van der Waals surface area contributed by atoms with E-state index in [2.05, 4.69) is 33.1 Å². The van der Waals surface area contributed by atoms with E-state index in [1.54, 1.807) is 0 Å². The minimum Gasteiger partial charge on any atom is -0.375 e. The Labute approximate surface area is 118 Å². The van der Waals surface area contributed by atoms with Crippen LogP contribution in [0.3, 0.4) is 0 Å². The SMILES string of the molecule is CCOC(C)(C)C(NC)C1CCOC2(CCCC2)C1. The van der Waals surface area contributed by atoms with Crippen LogP contribution in [0, 0.1) is 5.92 Å². The summed E-state index contributed by atoms with van der Waals surface area (Å²) in [5.41, 5.74) is 0.0889. The number of likely N-dealkylation sites (N-methyl/N-ethyl adjacent to an activating group) is 1. The van der Waals surface area contributed by atoms with Crippen molar-refractivity contribution in [2.45, 2.75) is 76.5 Å². The fourth-order valence-electron chi connectivity index (χ4n) is 4.33. The molecule has 0 radical (unpaired) electrons. The Kier molecular flexibility index (Phi) is 4.91. The van der Waals surface area contributed by atoms with Gasteiger partial charge in [0.15, 0.2) is 0 Å². The van der Waals surface area contributed by atoms with Crippen LogP contribution in [0.5, 0.6) is 0 Å². The molecule has 0 bridgehead atoms. The van der Waals surface area contributed by atoms with Gasteiger partial charge in [0, 0.05) is 19.3 Å². The number of ether oxygens (including phenoxy) is 2. The Balaban J connectivity index is 2.05. The van der Waals surface area contributed by atoms with Gasteiger partial charge in [-0.3, -0.25) is 0 Å².